The molecule has 6 rings (SSSR count). The molecule has 3 aromatic heterocycles. The number of phosphoric acid groups is 1. The number of phosphoric ester groups is 1. The number of aliphatic hydroxyl groups is 2. The van der Waals surface area contributed by atoms with Crippen LogP contribution in [0.25, 0.3) is 0 Å². The van der Waals surface area contributed by atoms with E-state index in [1.54, 1.807) is 0 Å². The summed E-state index contributed by atoms with van der Waals surface area (Å²) < 4.78 is 88.6. The average Bonchev–Trinajstić information content (AvgIpc) is 3.98. The van der Waals surface area contributed by atoms with Crippen LogP contribution in [0.15, 0.2) is 65.6 Å². The number of amides is 3. The molecule has 0 saturated carbocycles. The van der Waals surface area contributed by atoms with E-state index < -0.39 is 167 Å². The molecule has 0 bridgehead atoms. The summed E-state index contributed by atoms with van der Waals surface area (Å²) in [5, 5.41) is 28.9. The monoisotopic (exact) mass is 1110 g/mol. The van der Waals surface area contributed by atoms with Gasteiger partial charge in [0.15, 0.2) is 18.7 Å². The maximum Gasteiger partial charge on any atom is 0.330 e. The molecule has 3 saturated heterocycles. The van der Waals surface area contributed by atoms with E-state index in [1.165, 1.54) is 21.1 Å². The van der Waals surface area contributed by atoms with Gasteiger partial charge in [-0.3, -0.25) is 71.1 Å². The second-order valence-electron chi connectivity index (χ2n) is 16.6. The number of nitrogens with zero attached hydrogens (tertiary/aromatic N) is 3. The Kier molecular flexibility index (Phi) is 20.3. The molecule has 3 aliphatic heterocycles. The third-order valence-corrected chi connectivity index (χ3v) is 13.8. The van der Waals surface area contributed by atoms with Gasteiger partial charge >= 0.3 is 24.7 Å². The van der Waals surface area contributed by atoms with E-state index in [1.807, 2.05) is 9.97 Å². The van der Waals surface area contributed by atoms with Gasteiger partial charge in [-0.2, -0.15) is 0 Å². The molecule has 3 aromatic rings. The Morgan fingerprint density at radius 1 is 0.600 bits per heavy atom. The molecule has 0 aliphatic carbocycles. The smallest absolute Gasteiger partial charge is 0.330 e. The van der Waals surface area contributed by atoms with E-state index in [-0.39, 0.29) is 32.5 Å². The van der Waals surface area contributed by atoms with Gasteiger partial charge in [0.25, 0.3) is 24.5 Å². The zero-order chi connectivity index (χ0) is 54.8. The first kappa shape index (κ1) is 58.6. The highest BCUT2D eigenvalue weighted by molar-refractivity contribution is 7.53. The molecule has 14 atom stereocenters. The van der Waals surface area contributed by atoms with E-state index in [0.717, 1.165) is 57.2 Å². The molecule has 5 unspecified atom stereocenters. The van der Waals surface area contributed by atoms with E-state index >= 15 is 0 Å². The molecule has 8 N–H and O–H groups in total. The number of aromatic nitrogens is 6. The maximum absolute atomic E-state index is 14.4. The molecule has 3 aliphatic rings. The van der Waals surface area contributed by atoms with Gasteiger partial charge in [0.1, 0.15) is 54.9 Å². The van der Waals surface area contributed by atoms with Crippen LogP contribution in [0.5, 0.6) is 0 Å². The number of nitrogens with one attached hydrogen (secondary N) is 6. The highest BCUT2D eigenvalue weighted by Gasteiger charge is 2.53. The van der Waals surface area contributed by atoms with Crippen molar-refractivity contribution < 1.29 is 85.1 Å². The van der Waals surface area contributed by atoms with E-state index in [4.69, 9.17) is 46.5 Å². The summed E-state index contributed by atoms with van der Waals surface area (Å²) in [6.07, 6.45) is -17.1. The second-order valence-corrected chi connectivity index (χ2v) is 20.0. The molecule has 35 heteroatoms. The Labute approximate surface area is 421 Å². The van der Waals surface area contributed by atoms with Crippen LogP contribution in [0.4, 0.5) is 0 Å². The molecule has 33 nitrogen and oxygen atoms in total. The topological polar surface area (TPSA) is 442 Å². The molecular weight excluding hydrogens is 1050 g/mol. The Morgan fingerprint density at radius 3 is 1.39 bits per heavy atom. The fourth-order valence-corrected chi connectivity index (χ4v) is 10.1. The lowest BCUT2D eigenvalue weighted by Gasteiger charge is -2.32. The van der Waals surface area contributed by atoms with Gasteiger partial charge in [-0.05, 0) is 0 Å². The van der Waals surface area contributed by atoms with Crippen molar-refractivity contribution >= 4 is 33.1 Å². The van der Waals surface area contributed by atoms with Crippen LogP contribution >= 0.6 is 15.4 Å². The summed E-state index contributed by atoms with van der Waals surface area (Å²) in [5.41, 5.74) is -5.45. The number of hydrogen-bond acceptors (Lipinski definition) is 24. The standard InChI is InChI=1S/C40H57N9O24P2/c1-41-23(51)8-14-64-32-29(57)21(70-35(32)47-11-5-26(54)44-38(47)58)18-68-75(62,63)73-31-22(71-37(34(31)66-16-10-25(53)43-3)49-13-7-28(56)46-40(49)60)19-67-74(4,61)72-30-20(17-50)69-36(33(30)65-15-9-24(52)42-2)48-12-6-27(55)45-39(48)59/h5-7,11-13,20-22,29-37,50,57H,8-10,14-19H2,1-4H3,(H,41,51)(H,42,52)(H,43,53)(H,62,63)(H,44,54,58)(H,45,55,59)(H,46,56,60)/p-1/t20-,21-,22-,29+,30+,31+,32?,33?,34?,35-,36-,37-,74?/m1/s1. The van der Waals surface area contributed by atoms with Crippen LogP contribution in [0.2, 0.25) is 0 Å². The first-order valence-electron chi connectivity index (χ1n) is 22.8. The normalized spacial score (nSPS) is 28.1. The van der Waals surface area contributed by atoms with Gasteiger partial charge in [-0.25, -0.2) is 14.4 Å². The van der Waals surface area contributed by atoms with Gasteiger partial charge in [0, 0.05) is 83.9 Å². The number of aliphatic hydroxyl groups excluding tert-OH is 2. The lowest BCUT2D eigenvalue weighted by atomic mass is 10.1. The van der Waals surface area contributed by atoms with Crippen LogP contribution in [0, 0.1) is 0 Å². The van der Waals surface area contributed by atoms with Crippen molar-refractivity contribution in [2.45, 2.75) is 92.9 Å². The molecule has 416 valence electrons. The first-order chi connectivity index (χ1) is 35.6. The first-order valence-corrected chi connectivity index (χ1v) is 26.2. The predicted molar refractivity (Wildman–Crippen MR) is 247 cm³/mol. The third-order valence-electron chi connectivity index (χ3n) is 11.6. The third kappa shape index (κ3) is 15.1. The van der Waals surface area contributed by atoms with E-state index in [0.29, 0.717) is 0 Å². The fraction of sp³-hybridized carbons (Fsp3) is 0.625. The van der Waals surface area contributed by atoms with Gasteiger partial charge < -0.3 is 73.0 Å². The maximum atomic E-state index is 14.4. The lowest BCUT2D eigenvalue weighted by Crippen LogP contribution is -2.42. The minimum Gasteiger partial charge on any atom is -0.756 e. The SMILES string of the molecule is CNC(=O)CCOC1[C@@H](O)[C@@H](COP(=O)([O-])O[C@@H]2C(OCCC(=O)NC)[C@H](n3ccc(=O)[nH]c3=O)O[C@@H]2COP(C)(=O)O[C@@H]2C(OCCC(=O)NC)[C@H](n3ccc(=O)[nH]c3=O)O[C@@H]2CO)O[C@H]1n1ccc(=O)[nH]c1=O. The summed E-state index contributed by atoms with van der Waals surface area (Å²) in [7, 11) is -6.25. The Bertz CT molecular complexity index is 2940. The quantitative estimate of drug-likeness (QED) is 0.0347. The van der Waals surface area contributed by atoms with E-state index in [2.05, 4.69) is 20.9 Å². The van der Waals surface area contributed by atoms with Crippen molar-refractivity contribution in [3.63, 3.8) is 0 Å². The summed E-state index contributed by atoms with van der Waals surface area (Å²) in [5.74, 6) is -1.45. The molecular formula is C40H56N9O24P2-. The van der Waals surface area contributed by atoms with Crippen molar-refractivity contribution in [3.8, 4) is 0 Å². The van der Waals surface area contributed by atoms with Crippen LogP contribution in [-0.2, 0) is 70.0 Å². The Hall–Kier alpha value is -5.61. The van der Waals surface area contributed by atoms with Crippen molar-refractivity contribution in [1.29, 1.82) is 0 Å². The van der Waals surface area contributed by atoms with Crippen molar-refractivity contribution in [2.24, 2.45) is 0 Å². The molecule has 0 spiro atoms. The molecule has 3 fully saturated rings. The van der Waals surface area contributed by atoms with Gasteiger partial charge in [0.05, 0.1) is 39.6 Å². The summed E-state index contributed by atoms with van der Waals surface area (Å²) in [6, 6.07) is 2.87. The molecule has 3 amide bonds. The van der Waals surface area contributed by atoms with E-state index in [9.17, 15) is 67.4 Å². The van der Waals surface area contributed by atoms with Crippen molar-refractivity contribution in [2.75, 3.05) is 67.4 Å². The highest BCUT2D eigenvalue weighted by Crippen LogP contribution is 2.52. The molecule has 0 radical (unpaired) electrons. The average molecular weight is 1110 g/mol. The minimum absolute atomic E-state index is 0.209. The van der Waals surface area contributed by atoms with Gasteiger partial charge in [-0.1, -0.05) is 0 Å². The zero-order valence-corrected chi connectivity index (χ0v) is 42.2. The summed E-state index contributed by atoms with van der Waals surface area (Å²) in [6.45, 7) is -3.00. The molecule has 0 aromatic carbocycles. The van der Waals surface area contributed by atoms with Gasteiger partial charge in [0.2, 0.25) is 17.7 Å². The number of rotatable bonds is 26. The van der Waals surface area contributed by atoms with Crippen LogP contribution in [-0.4, -0.2) is 179 Å². The minimum atomic E-state index is -5.76. The zero-order valence-electron chi connectivity index (χ0n) is 40.4. The second kappa shape index (κ2) is 26.0. The Morgan fingerprint density at radius 2 is 0.973 bits per heavy atom. The van der Waals surface area contributed by atoms with Crippen molar-refractivity contribution in [1.82, 2.24) is 44.6 Å². The molecule has 75 heavy (non-hydrogen) atoms. The molecule has 6 heterocycles. The fourth-order valence-electron chi connectivity index (χ4n) is 7.94. The van der Waals surface area contributed by atoms with Crippen LogP contribution in [0.3, 0.4) is 0 Å². The number of hydrogen-bond donors (Lipinski definition) is 8. The highest BCUT2D eigenvalue weighted by atomic mass is 31.2. The largest absolute Gasteiger partial charge is 0.756 e. The summed E-state index contributed by atoms with van der Waals surface area (Å²) >= 11 is 0. The number of carbonyl (C=O) groups excluding carboxylic acids is 3. The summed E-state index contributed by atoms with van der Waals surface area (Å²) in [4.78, 5) is 131. The number of H-pyrrole nitrogens is 3. The number of carbonyl (C=O) groups is 3. The lowest BCUT2D eigenvalue weighted by molar-refractivity contribution is -0.237. The van der Waals surface area contributed by atoms with Gasteiger partial charge in [-0.15, -0.1) is 0 Å². The number of aromatic amines is 3. The number of ether oxygens (including phenoxy) is 6. The van der Waals surface area contributed by atoms with Crippen molar-refractivity contribution in [3.05, 3.63) is 99.3 Å². The Balaban J connectivity index is 1.28. The van der Waals surface area contributed by atoms with Crippen LogP contribution < -0.4 is 54.6 Å². The predicted octanol–water partition coefficient (Wildman–Crippen LogP) is -5.66. The van der Waals surface area contributed by atoms with Crippen LogP contribution in [0.1, 0.15) is 37.9 Å².